The lowest BCUT2D eigenvalue weighted by Crippen LogP contribution is -2.40. The zero-order chi connectivity index (χ0) is 25.5. The summed E-state index contributed by atoms with van der Waals surface area (Å²) in [6.07, 6.45) is 4.83. The standard InChI is InChI=1S/C28H32FN3O3S/c1-3-4-5-9-18-36(33,34)31-21(2)28(22-10-7-6-8-11-22)35-26-16-17-27-23(19-26)20-30-32(27)25-14-12-24(29)13-15-25/h6-8,10-17,19-21,28,31H,3-5,9,18H2,1-2H3/t21-,28+/m0/s1. The van der Waals surface area contributed by atoms with E-state index in [9.17, 15) is 12.8 Å². The van der Waals surface area contributed by atoms with E-state index in [1.54, 1.807) is 23.0 Å². The Morgan fingerprint density at radius 3 is 2.47 bits per heavy atom. The largest absolute Gasteiger partial charge is 0.484 e. The van der Waals surface area contributed by atoms with Crippen molar-refractivity contribution in [1.82, 2.24) is 14.5 Å². The van der Waals surface area contributed by atoms with Crippen LogP contribution in [-0.4, -0.2) is 30.0 Å². The second kappa shape index (κ2) is 11.7. The van der Waals surface area contributed by atoms with E-state index in [-0.39, 0.29) is 11.6 Å². The lowest BCUT2D eigenvalue weighted by molar-refractivity contribution is 0.173. The molecule has 6 nitrogen and oxygen atoms in total. The van der Waals surface area contributed by atoms with E-state index >= 15 is 0 Å². The van der Waals surface area contributed by atoms with Gasteiger partial charge in [-0.2, -0.15) is 5.10 Å². The average molecular weight is 510 g/mol. The molecule has 0 radical (unpaired) electrons. The van der Waals surface area contributed by atoms with Gasteiger partial charge in [0.1, 0.15) is 17.7 Å². The van der Waals surface area contributed by atoms with E-state index in [1.165, 1.54) is 12.1 Å². The first-order valence-electron chi connectivity index (χ1n) is 12.3. The van der Waals surface area contributed by atoms with Crippen molar-refractivity contribution >= 4 is 20.9 Å². The zero-order valence-corrected chi connectivity index (χ0v) is 21.4. The van der Waals surface area contributed by atoms with Crippen LogP contribution >= 0.6 is 0 Å². The van der Waals surface area contributed by atoms with E-state index < -0.39 is 22.2 Å². The van der Waals surface area contributed by atoms with Gasteiger partial charge in [0.05, 0.1) is 29.2 Å². The van der Waals surface area contributed by atoms with Gasteiger partial charge in [-0.25, -0.2) is 22.2 Å². The lowest BCUT2D eigenvalue weighted by atomic mass is 10.0. The molecule has 4 rings (SSSR count). The maximum absolute atomic E-state index is 13.3. The van der Waals surface area contributed by atoms with Gasteiger partial charge in [-0.1, -0.05) is 56.5 Å². The van der Waals surface area contributed by atoms with Crippen LogP contribution in [0.2, 0.25) is 0 Å². The first-order valence-corrected chi connectivity index (χ1v) is 14.0. The van der Waals surface area contributed by atoms with Crippen molar-refractivity contribution in [3.8, 4) is 11.4 Å². The molecule has 3 aromatic carbocycles. The normalized spacial score (nSPS) is 13.5. The van der Waals surface area contributed by atoms with Crippen LogP contribution in [0.1, 0.15) is 51.2 Å². The Balaban J connectivity index is 1.55. The summed E-state index contributed by atoms with van der Waals surface area (Å²) < 4.78 is 49.7. The van der Waals surface area contributed by atoms with Gasteiger partial charge in [-0.3, -0.25) is 0 Å². The molecule has 1 heterocycles. The number of rotatable bonds is 12. The molecule has 0 unspecified atom stereocenters. The molecule has 0 spiro atoms. The summed E-state index contributed by atoms with van der Waals surface area (Å²) in [6.45, 7) is 3.92. The van der Waals surface area contributed by atoms with E-state index in [1.807, 2.05) is 55.5 Å². The highest BCUT2D eigenvalue weighted by atomic mass is 32.2. The number of ether oxygens (including phenoxy) is 1. The van der Waals surface area contributed by atoms with Crippen LogP contribution in [0.4, 0.5) is 4.39 Å². The Labute approximate surface area is 212 Å². The van der Waals surface area contributed by atoms with E-state index in [4.69, 9.17) is 4.74 Å². The molecule has 190 valence electrons. The fourth-order valence-corrected chi connectivity index (χ4v) is 5.64. The van der Waals surface area contributed by atoms with Crippen molar-refractivity contribution in [2.45, 2.75) is 51.7 Å². The van der Waals surface area contributed by atoms with E-state index in [0.29, 0.717) is 12.2 Å². The number of unbranched alkanes of at least 4 members (excludes halogenated alkanes) is 3. The van der Waals surface area contributed by atoms with Crippen molar-refractivity contribution in [1.29, 1.82) is 0 Å². The fourth-order valence-electron chi connectivity index (χ4n) is 4.24. The summed E-state index contributed by atoms with van der Waals surface area (Å²) in [4.78, 5) is 0. The topological polar surface area (TPSA) is 73.2 Å². The first-order chi connectivity index (χ1) is 17.4. The molecule has 8 heteroatoms. The molecule has 0 fully saturated rings. The SMILES string of the molecule is CCCCCCS(=O)(=O)N[C@@H](C)[C@@H](Oc1ccc2c(cnn2-c2ccc(F)cc2)c1)c1ccccc1. The summed E-state index contributed by atoms with van der Waals surface area (Å²) in [5.74, 6) is 0.403. The lowest BCUT2D eigenvalue weighted by Gasteiger charge is -2.26. The number of benzene rings is 3. The number of aromatic nitrogens is 2. The van der Waals surface area contributed by atoms with Crippen molar-refractivity contribution in [3.05, 3.63) is 90.4 Å². The van der Waals surface area contributed by atoms with Gasteiger partial charge in [0, 0.05) is 5.39 Å². The van der Waals surface area contributed by atoms with Crippen molar-refractivity contribution < 1.29 is 17.5 Å². The minimum atomic E-state index is -3.44. The zero-order valence-electron chi connectivity index (χ0n) is 20.6. The molecule has 0 saturated carbocycles. The average Bonchev–Trinajstić information content (AvgIpc) is 3.29. The molecule has 0 amide bonds. The second-order valence-electron chi connectivity index (χ2n) is 8.99. The monoisotopic (exact) mass is 509 g/mol. The third kappa shape index (κ3) is 6.50. The molecule has 0 aliphatic rings. The molecular formula is C28H32FN3O3S. The summed E-state index contributed by atoms with van der Waals surface area (Å²) in [5.41, 5.74) is 2.48. The van der Waals surface area contributed by atoms with Gasteiger partial charge >= 0.3 is 0 Å². The number of fused-ring (bicyclic) bond motifs is 1. The maximum Gasteiger partial charge on any atom is 0.211 e. The minimum absolute atomic E-state index is 0.105. The number of hydrogen-bond acceptors (Lipinski definition) is 4. The predicted octanol–water partition coefficient (Wildman–Crippen LogP) is 6.17. The van der Waals surface area contributed by atoms with E-state index in [0.717, 1.165) is 41.4 Å². The van der Waals surface area contributed by atoms with Crippen molar-refractivity contribution in [2.75, 3.05) is 5.75 Å². The molecule has 0 saturated heterocycles. The quantitative estimate of drug-likeness (QED) is 0.232. The van der Waals surface area contributed by atoms with Crippen LogP contribution in [-0.2, 0) is 10.0 Å². The van der Waals surface area contributed by atoms with Crippen LogP contribution in [0.25, 0.3) is 16.6 Å². The van der Waals surface area contributed by atoms with Gasteiger partial charge in [0.15, 0.2) is 0 Å². The smallest absolute Gasteiger partial charge is 0.211 e. The predicted molar refractivity (Wildman–Crippen MR) is 141 cm³/mol. The molecule has 36 heavy (non-hydrogen) atoms. The van der Waals surface area contributed by atoms with Gasteiger partial charge < -0.3 is 4.74 Å². The van der Waals surface area contributed by atoms with Crippen LogP contribution in [0.3, 0.4) is 0 Å². The number of halogens is 1. The highest BCUT2D eigenvalue weighted by Gasteiger charge is 2.26. The molecule has 0 aliphatic carbocycles. The summed E-state index contributed by atoms with van der Waals surface area (Å²) in [6, 6.07) is 20.9. The van der Waals surface area contributed by atoms with E-state index in [2.05, 4.69) is 16.7 Å². The van der Waals surface area contributed by atoms with Crippen molar-refractivity contribution in [2.24, 2.45) is 0 Å². The third-order valence-electron chi connectivity index (χ3n) is 6.09. The van der Waals surface area contributed by atoms with Crippen LogP contribution in [0.15, 0.2) is 79.0 Å². The Morgan fingerprint density at radius 1 is 1.00 bits per heavy atom. The third-order valence-corrected chi connectivity index (χ3v) is 7.65. The molecule has 4 aromatic rings. The van der Waals surface area contributed by atoms with Crippen LogP contribution < -0.4 is 9.46 Å². The molecular weight excluding hydrogens is 477 g/mol. The Kier molecular flexibility index (Phi) is 8.38. The summed E-state index contributed by atoms with van der Waals surface area (Å²) in [5, 5.41) is 5.30. The molecule has 2 atom stereocenters. The number of nitrogens with zero attached hydrogens (tertiary/aromatic N) is 2. The van der Waals surface area contributed by atoms with Crippen LogP contribution in [0.5, 0.6) is 5.75 Å². The highest BCUT2D eigenvalue weighted by molar-refractivity contribution is 7.89. The Morgan fingerprint density at radius 2 is 1.75 bits per heavy atom. The van der Waals surface area contributed by atoms with Gasteiger partial charge in [0.2, 0.25) is 10.0 Å². The maximum atomic E-state index is 13.3. The highest BCUT2D eigenvalue weighted by Crippen LogP contribution is 2.29. The number of nitrogens with one attached hydrogen (secondary N) is 1. The fraction of sp³-hybridized carbons (Fsp3) is 0.321. The molecule has 0 bridgehead atoms. The first kappa shape index (κ1) is 25.9. The summed E-state index contributed by atoms with van der Waals surface area (Å²) in [7, 11) is -3.44. The Bertz CT molecular complexity index is 1370. The minimum Gasteiger partial charge on any atom is -0.484 e. The van der Waals surface area contributed by atoms with Gasteiger partial charge in [-0.15, -0.1) is 0 Å². The second-order valence-corrected chi connectivity index (χ2v) is 10.9. The van der Waals surface area contributed by atoms with Gasteiger partial charge in [0.25, 0.3) is 0 Å². The molecule has 1 N–H and O–H groups in total. The van der Waals surface area contributed by atoms with Gasteiger partial charge in [-0.05, 0) is 61.4 Å². The summed E-state index contributed by atoms with van der Waals surface area (Å²) >= 11 is 0. The molecule has 1 aromatic heterocycles. The Hall–Kier alpha value is -3.23. The number of hydrogen-bond donors (Lipinski definition) is 1. The number of sulfonamides is 1. The van der Waals surface area contributed by atoms with Crippen LogP contribution in [0, 0.1) is 5.82 Å². The molecule has 0 aliphatic heterocycles. The van der Waals surface area contributed by atoms with Crippen molar-refractivity contribution in [3.63, 3.8) is 0 Å².